The highest BCUT2D eigenvalue weighted by Gasteiger charge is 2.41. The Hall–Kier alpha value is -3.03. The summed E-state index contributed by atoms with van der Waals surface area (Å²) < 4.78 is 11.2. The van der Waals surface area contributed by atoms with Gasteiger partial charge in [0.15, 0.2) is 17.6 Å². The molecule has 174 valence electrons. The number of phenolic OH excluding ortho intramolecular Hbond substituents is 1. The van der Waals surface area contributed by atoms with E-state index in [2.05, 4.69) is 52.2 Å². The van der Waals surface area contributed by atoms with Gasteiger partial charge in [-0.25, -0.2) is 0 Å². The molecule has 0 bridgehead atoms. The molecule has 0 aromatic heterocycles. The van der Waals surface area contributed by atoms with Crippen molar-refractivity contribution in [2.24, 2.45) is 11.1 Å². The molecule has 3 heterocycles. The van der Waals surface area contributed by atoms with Crippen LogP contribution in [0.2, 0.25) is 0 Å². The summed E-state index contributed by atoms with van der Waals surface area (Å²) >= 11 is 0. The highest BCUT2D eigenvalue weighted by atomic mass is 16.6. The molecule has 1 saturated heterocycles. The lowest BCUT2D eigenvalue weighted by Crippen LogP contribution is -2.50. The van der Waals surface area contributed by atoms with Crippen LogP contribution >= 0.6 is 0 Å². The lowest BCUT2D eigenvalue weighted by atomic mass is 9.90. The highest BCUT2D eigenvalue weighted by Crippen LogP contribution is 2.40. The molecule has 3 aliphatic rings. The maximum atomic E-state index is 10.0. The second-order valence-corrected chi connectivity index (χ2v) is 9.04. The van der Waals surface area contributed by atoms with E-state index in [4.69, 9.17) is 14.3 Å². The van der Waals surface area contributed by atoms with Gasteiger partial charge in [-0.1, -0.05) is 47.1 Å². The number of methoxy groups -OCH3 is 1. The van der Waals surface area contributed by atoms with Crippen molar-refractivity contribution in [2.75, 3.05) is 53.0 Å². The number of oxime groups is 1. The Kier molecular flexibility index (Phi) is 6.24. The molecular weight excluding hydrogens is 418 g/mol. The monoisotopic (exact) mass is 449 g/mol. The largest absolute Gasteiger partial charge is 0.504 e. The Balaban J connectivity index is 1.15. The van der Waals surface area contributed by atoms with Crippen LogP contribution in [0.4, 0.5) is 0 Å². The molecule has 1 fully saturated rings. The topological polar surface area (TPSA) is 66.8 Å². The molecule has 7 heteroatoms. The number of aromatic hydroxyl groups is 1. The maximum Gasteiger partial charge on any atom is 0.161 e. The SMILES string of the molecule is COc1cc2c(cc1O)OCC1C2=NOC1CN1CCN(CC(C)=Cc2ccccc2)CC1. The molecule has 2 aromatic carbocycles. The molecule has 2 atom stereocenters. The number of nitrogens with zero attached hydrogens (tertiary/aromatic N) is 3. The van der Waals surface area contributed by atoms with E-state index in [0.717, 1.165) is 50.5 Å². The number of piperazine rings is 1. The first-order chi connectivity index (χ1) is 16.1. The minimum absolute atomic E-state index is 0.0285. The van der Waals surface area contributed by atoms with Crippen molar-refractivity contribution in [2.45, 2.75) is 13.0 Å². The summed E-state index contributed by atoms with van der Waals surface area (Å²) in [7, 11) is 1.54. The average molecular weight is 450 g/mol. The first-order valence-corrected chi connectivity index (χ1v) is 11.6. The zero-order chi connectivity index (χ0) is 22.8. The first kappa shape index (κ1) is 21.8. The van der Waals surface area contributed by atoms with Gasteiger partial charge in [0.2, 0.25) is 0 Å². The summed E-state index contributed by atoms with van der Waals surface area (Å²) in [6.07, 6.45) is 2.24. The quantitative estimate of drug-likeness (QED) is 0.731. The van der Waals surface area contributed by atoms with E-state index >= 15 is 0 Å². The normalized spacial score (nSPS) is 23.2. The van der Waals surface area contributed by atoms with Crippen LogP contribution in [0, 0.1) is 5.92 Å². The molecule has 0 saturated carbocycles. The van der Waals surface area contributed by atoms with Crippen LogP contribution in [0.1, 0.15) is 18.1 Å². The minimum atomic E-state index is -0.0285. The number of hydrogen-bond donors (Lipinski definition) is 1. The van der Waals surface area contributed by atoms with Gasteiger partial charge >= 0.3 is 0 Å². The number of benzene rings is 2. The molecular formula is C26H31N3O4. The van der Waals surface area contributed by atoms with Gasteiger partial charge in [0, 0.05) is 50.9 Å². The van der Waals surface area contributed by atoms with Gasteiger partial charge in [-0.05, 0) is 18.6 Å². The van der Waals surface area contributed by atoms with Crippen LogP contribution in [0.3, 0.4) is 0 Å². The van der Waals surface area contributed by atoms with Gasteiger partial charge in [0.1, 0.15) is 18.1 Å². The summed E-state index contributed by atoms with van der Waals surface area (Å²) in [6.45, 7) is 8.66. The molecule has 5 rings (SSSR count). The van der Waals surface area contributed by atoms with Gasteiger partial charge < -0.3 is 19.4 Å². The smallest absolute Gasteiger partial charge is 0.161 e. The molecule has 33 heavy (non-hydrogen) atoms. The summed E-state index contributed by atoms with van der Waals surface area (Å²) in [5.74, 6) is 1.19. The number of fused-ring (bicyclic) bond motifs is 3. The van der Waals surface area contributed by atoms with E-state index in [1.54, 1.807) is 12.1 Å². The Morgan fingerprint density at radius 1 is 1.15 bits per heavy atom. The van der Waals surface area contributed by atoms with E-state index in [-0.39, 0.29) is 17.8 Å². The zero-order valence-electron chi connectivity index (χ0n) is 19.2. The zero-order valence-corrected chi connectivity index (χ0v) is 19.2. The molecule has 1 N–H and O–H groups in total. The molecule has 3 aliphatic heterocycles. The third kappa shape index (κ3) is 4.70. The Labute approximate surface area is 194 Å². The summed E-state index contributed by atoms with van der Waals surface area (Å²) in [6, 6.07) is 13.9. The second-order valence-electron chi connectivity index (χ2n) is 9.04. The van der Waals surface area contributed by atoms with Crippen LogP contribution in [-0.2, 0) is 4.84 Å². The van der Waals surface area contributed by atoms with Crippen molar-refractivity contribution in [1.82, 2.24) is 9.80 Å². The van der Waals surface area contributed by atoms with Crippen molar-refractivity contribution < 1.29 is 19.4 Å². The Bertz CT molecular complexity index is 1050. The molecule has 2 unspecified atom stereocenters. The van der Waals surface area contributed by atoms with Crippen LogP contribution in [0.5, 0.6) is 17.2 Å². The van der Waals surface area contributed by atoms with Crippen molar-refractivity contribution in [1.29, 1.82) is 0 Å². The molecule has 0 aliphatic carbocycles. The number of hydrogen-bond acceptors (Lipinski definition) is 7. The fourth-order valence-corrected chi connectivity index (χ4v) is 4.87. The summed E-state index contributed by atoms with van der Waals surface area (Å²) in [5.41, 5.74) is 4.37. The number of ether oxygens (including phenoxy) is 2. The predicted octanol–water partition coefficient (Wildman–Crippen LogP) is 3.23. The number of phenols is 1. The fraction of sp³-hybridized carbons (Fsp3) is 0.423. The van der Waals surface area contributed by atoms with Gasteiger partial charge in [0.05, 0.1) is 13.0 Å². The van der Waals surface area contributed by atoms with Gasteiger partial charge in [-0.3, -0.25) is 9.80 Å². The highest BCUT2D eigenvalue weighted by molar-refractivity contribution is 6.06. The standard InChI is InChI=1S/C26H31N3O4/c1-18(12-19-6-4-3-5-7-19)15-28-8-10-29(11-9-28)16-25-21-17-32-23-14-22(30)24(31-2)13-20(23)26(21)27-33-25/h3-7,12-14,21,25,30H,8-11,15-17H2,1-2H3. The average Bonchev–Trinajstić information content (AvgIpc) is 3.23. The van der Waals surface area contributed by atoms with Crippen molar-refractivity contribution in [3.63, 3.8) is 0 Å². The third-order valence-corrected chi connectivity index (χ3v) is 6.65. The number of rotatable bonds is 6. The maximum absolute atomic E-state index is 10.0. The van der Waals surface area contributed by atoms with E-state index in [0.29, 0.717) is 18.1 Å². The summed E-state index contributed by atoms with van der Waals surface area (Å²) in [4.78, 5) is 10.8. The van der Waals surface area contributed by atoms with E-state index in [1.165, 1.54) is 18.2 Å². The van der Waals surface area contributed by atoms with Gasteiger partial charge in [-0.15, -0.1) is 0 Å². The fourth-order valence-electron chi connectivity index (χ4n) is 4.87. The summed E-state index contributed by atoms with van der Waals surface area (Å²) in [5, 5.41) is 14.4. The molecule has 2 aromatic rings. The molecule has 0 spiro atoms. The van der Waals surface area contributed by atoms with E-state index in [9.17, 15) is 5.11 Å². The van der Waals surface area contributed by atoms with Gasteiger partial charge in [0.25, 0.3) is 0 Å². The van der Waals surface area contributed by atoms with Crippen molar-refractivity contribution in [3.05, 3.63) is 59.2 Å². The van der Waals surface area contributed by atoms with E-state index in [1.807, 2.05) is 6.07 Å². The molecule has 0 amide bonds. The minimum Gasteiger partial charge on any atom is -0.504 e. The third-order valence-electron chi connectivity index (χ3n) is 6.65. The first-order valence-electron chi connectivity index (χ1n) is 11.6. The van der Waals surface area contributed by atoms with Crippen molar-refractivity contribution in [3.8, 4) is 17.2 Å². The van der Waals surface area contributed by atoms with Crippen LogP contribution < -0.4 is 9.47 Å². The van der Waals surface area contributed by atoms with Crippen LogP contribution in [0.25, 0.3) is 6.08 Å². The Morgan fingerprint density at radius 2 is 1.91 bits per heavy atom. The second kappa shape index (κ2) is 9.45. The van der Waals surface area contributed by atoms with Crippen LogP contribution in [-0.4, -0.2) is 79.7 Å². The molecule has 7 nitrogen and oxygen atoms in total. The Morgan fingerprint density at radius 3 is 2.67 bits per heavy atom. The lowest BCUT2D eigenvalue weighted by Gasteiger charge is -2.36. The van der Waals surface area contributed by atoms with E-state index < -0.39 is 0 Å². The lowest BCUT2D eigenvalue weighted by molar-refractivity contribution is 0.0101. The van der Waals surface area contributed by atoms with Gasteiger partial charge in [-0.2, -0.15) is 0 Å². The van der Waals surface area contributed by atoms with Crippen LogP contribution in [0.15, 0.2) is 53.2 Å². The molecule has 0 radical (unpaired) electrons. The predicted molar refractivity (Wildman–Crippen MR) is 128 cm³/mol. The van der Waals surface area contributed by atoms with Crippen molar-refractivity contribution >= 4 is 11.8 Å².